The van der Waals surface area contributed by atoms with Crippen molar-refractivity contribution >= 4 is 15.9 Å². The number of halogens is 7. The van der Waals surface area contributed by atoms with Crippen molar-refractivity contribution < 1.29 is 31.1 Å². The van der Waals surface area contributed by atoms with E-state index in [1.807, 2.05) is 0 Å². The van der Waals surface area contributed by atoms with E-state index < -0.39 is 29.9 Å². The van der Waals surface area contributed by atoms with Gasteiger partial charge >= 0.3 is 12.5 Å². The van der Waals surface area contributed by atoms with Crippen LogP contribution in [0.5, 0.6) is 5.75 Å². The van der Waals surface area contributed by atoms with Crippen LogP contribution in [0.15, 0.2) is 22.7 Å². The Balaban J connectivity index is 2.46. The monoisotopic (exact) mass is 406 g/mol. The third-order valence-electron chi connectivity index (χ3n) is 3.32. The zero-order valence-corrected chi connectivity index (χ0v) is 13.2. The van der Waals surface area contributed by atoms with Gasteiger partial charge in [0.15, 0.2) is 0 Å². The molecule has 0 aliphatic carbocycles. The Morgan fingerprint density at radius 3 is 2.22 bits per heavy atom. The Morgan fingerprint density at radius 2 is 1.70 bits per heavy atom. The fraction of sp³-hybridized carbons (Fsp3) is 0.538. The third kappa shape index (κ3) is 4.98. The molecule has 1 heterocycles. The van der Waals surface area contributed by atoms with Crippen molar-refractivity contribution in [1.29, 1.82) is 0 Å². The molecule has 10 heteroatoms. The summed E-state index contributed by atoms with van der Waals surface area (Å²) < 4.78 is 82.1. The van der Waals surface area contributed by atoms with Crippen LogP contribution >= 0.6 is 15.9 Å². The molecule has 1 aromatic carbocycles. The molecule has 1 aliphatic heterocycles. The number of ether oxygens (including phenoxy) is 1. The van der Waals surface area contributed by atoms with Crippen LogP contribution in [0.4, 0.5) is 26.3 Å². The lowest BCUT2D eigenvalue weighted by molar-refractivity contribution is -0.275. The number of alkyl halides is 6. The summed E-state index contributed by atoms with van der Waals surface area (Å²) in [5, 5.41) is 2.91. The van der Waals surface area contributed by atoms with Crippen LogP contribution in [0.2, 0.25) is 0 Å². The molecule has 130 valence electrons. The lowest BCUT2D eigenvalue weighted by Gasteiger charge is -2.36. The Morgan fingerprint density at radius 1 is 1.09 bits per heavy atom. The Kier molecular flexibility index (Phi) is 5.47. The van der Waals surface area contributed by atoms with Gasteiger partial charge in [-0.15, -0.1) is 13.2 Å². The maximum Gasteiger partial charge on any atom is 0.573 e. The number of hydrogen-bond acceptors (Lipinski definition) is 3. The van der Waals surface area contributed by atoms with E-state index in [-0.39, 0.29) is 17.6 Å². The maximum atomic E-state index is 13.5. The van der Waals surface area contributed by atoms with Crippen molar-refractivity contribution in [2.24, 2.45) is 0 Å². The van der Waals surface area contributed by atoms with Gasteiger partial charge in [0.1, 0.15) is 11.8 Å². The summed E-state index contributed by atoms with van der Waals surface area (Å²) >= 11 is 3.00. The number of benzene rings is 1. The lowest BCUT2D eigenvalue weighted by atomic mass is 10.0. The minimum atomic E-state index is -5.07. The second kappa shape index (κ2) is 6.86. The van der Waals surface area contributed by atoms with Crippen LogP contribution in [0, 0.1) is 0 Å². The zero-order chi connectivity index (χ0) is 17.3. The number of rotatable bonds is 3. The summed E-state index contributed by atoms with van der Waals surface area (Å²) in [6.07, 6.45) is -9.80. The fourth-order valence-corrected chi connectivity index (χ4v) is 2.85. The molecule has 1 fully saturated rings. The number of hydrogen-bond donors (Lipinski definition) is 1. The first kappa shape index (κ1) is 18.3. The molecule has 1 aromatic rings. The van der Waals surface area contributed by atoms with Gasteiger partial charge in [-0.1, -0.05) is 15.9 Å². The predicted molar refractivity (Wildman–Crippen MR) is 74.1 cm³/mol. The number of nitrogens with one attached hydrogen (secondary N) is 1. The zero-order valence-electron chi connectivity index (χ0n) is 11.6. The number of nitrogens with zero attached hydrogens (tertiary/aromatic N) is 1. The highest BCUT2D eigenvalue weighted by atomic mass is 79.9. The van der Waals surface area contributed by atoms with E-state index in [0.717, 1.165) is 17.0 Å². The van der Waals surface area contributed by atoms with E-state index >= 15 is 0 Å². The minimum Gasteiger partial charge on any atom is -0.405 e. The topological polar surface area (TPSA) is 24.5 Å². The van der Waals surface area contributed by atoms with E-state index in [2.05, 4.69) is 26.0 Å². The van der Waals surface area contributed by atoms with Gasteiger partial charge in [0, 0.05) is 36.2 Å². The van der Waals surface area contributed by atoms with Crippen LogP contribution < -0.4 is 10.1 Å². The molecule has 1 saturated heterocycles. The van der Waals surface area contributed by atoms with Gasteiger partial charge in [-0.25, -0.2) is 0 Å². The smallest absolute Gasteiger partial charge is 0.405 e. The van der Waals surface area contributed by atoms with E-state index in [4.69, 9.17) is 0 Å². The third-order valence-corrected chi connectivity index (χ3v) is 3.81. The molecule has 0 spiro atoms. The summed E-state index contributed by atoms with van der Waals surface area (Å²) in [7, 11) is 0. The average molecular weight is 407 g/mol. The van der Waals surface area contributed by atoms with Crippen molar-refractivity contribution in [2.45, 2.75) is 18.6 Å². The standard InChI is InChI=1S/C13H13BrF6N2O/c14-8-1-2-10(23-13(18,19)20)9(7-8)11(12(15,16)17)22-5-3-21-4-6-22/h1-2,7,11,21H,3-6H2/t11-/m0/s1. The molecule has 1 aliphatic rings. The summed E-state index contributed by atoms with van der Waals surface area (Å²) in [6.45, 7) is 0.802. The van der Waals surface area contributed by atoms with Gasteiger partial charge in [0.2, 0.25) is 0 Å². The fourth-order valence-electron chi connectivity index (χ4n) is 2.47. The van der Waals surface area contributed by atoms with Gasteiger partial charge in [0.25, 0.3) is 0 Å². The van der Waals surface area contributed by atoms with Crippen molar-refractivity contribution in [1.82, 2.24) is 10.2 Å². The van der Waals surface area contributed by atoms with E-state index in [9.17, 15) is 26.3 Å². The van der Waals surface area contributed by atoms with Gasteiger partial charge in [0.05, 0.1) is 0 Å². The highest BCUT2D eigenvalue weighted by Gasteiger charge is 2.47. The van der Waals surface area contributed by atoms with Crippen LogP contribution in [0.1, 0.15) is 11.6 Å². The Bertz CT molecular complexity index is 542. The Hall–Kier alpha value is -1.00. The molecular weight excluding hydrogens is 394 g/mol. The minimum absolute atomic E-state index is 0.0716. The summed E-state index contributed by atoms with van der Waals surface area (Å²) in [5.41, 5.74) is -0.564. The largest absolute Gasteiger partial charge is 0.573 e. The van der Waals surface area contributed by atoms with Crippen molar-refractivity contribution in [3.8, 4) is 5.75 Å². The molecule has 0 aromatic heterocycles. The highest BCUT2D eigenvalue weighted by molar-refractivity contribution is 9.10. The molecular formula is C13H13BrF6N2O. The van der Waals surface area contributed by atoms with Crippen molar-refractivity contribution in [3.63, 3.8) is 0 Å². The SMILES string of the molecule is FC(F)(F)Oc1ccc(Br)cc1[C@H](N1CCNCC1)C(F)(F)F. The van der Waals surface area contributed by atoms with Gasteiger partial charge in [-0.3, -0.25) is 4.90 Å². The average Bonchev–Trinajstić information content (AvgIpc) is 2.40. The Labute approximate surface area is 136 Å². The van der Waals surface area contributed by atoms with Crippen LogP contribution in [-0.2, 0) is 0 Å². The quantitative estimate of drug-likeness (QED) is 0.771. The van der Waals surface area contributed by atoms with Crippen molar-refractivity contribution in [3.05, 3.63) is 28.2 Å². The van der Waals surface area contributed by atoms with Crippen LogP contribution in [0.3, 0.4) is 0 Å². The molecule has 0 saturated carbocycles. The van der Waals surface area contributed by atoms with Gasteiger partial charge in [-0.05, 0) is 18.2 Å². The normalized spacial score (nSPS) is 18.7. The first-order valence-corrected chi connectivity index (χ1v) is 7.44. The molecule has 2 rings (SSSR count). The molecule has 0 radical (unpaired) electrons. The number of piperazine rings is 1. The molecule has 0 unspecified atom stereocenters. The van der Waals surface area contributed by atoms with Gasteiger partial charge < -0.3 is 10.1 Å². The molecule has 23 heavy (non-hydrogen) atoms. The molecule has 0 bridgehead atoms. The lowest BCUT2D eigenvalue weighted by Crippen LogP contribution is -2.49. The van der Waals surface area contributed by atoms with Crippen LogP contribution in [-0.4, -0.2) is 43.6 Å². The molecule has 3 nitrogen and oxygen atoms in total. The van der Waals surface area contributed by atoms with Crippen molar-refractivity contribution in [2.75, 3.05) is 26.2 Å². The molecule has 1 atom stereocenters. The molecule has 0 amide bonds. The maximum absolute atomic E-state index is 13.5. The molecule has 1 N–H and O–H groups in total. The first-order chi connectivity index (χ1) is 10.6. The summed E-state index contributed by atoms with van der Waals surface area (Å²) in [5.74, 6) is -0.846. The first-order valence-electron chi connectivity index (χ1n) is 6.64. The summed E-state index contributed by atoms with van der Waals surface area (Å²) in [6, 6.07) is 0.935. The van der Waals surface area contributed by atoms with E-state index in [0.29, 0.717) is 13.1 Å². The second-order valence-corrected chi connectivity index (χ2v) is 5.88. The highest BCUT2D eigenvalue weighted by Crippen LogP contribution is 2.43. The van der Waals surface area contributed by atoms with E-state index in [1.165, 1.54) is 6.07 Å². The van der Waals surface area contributed by atoms with E-state index in [1.54, 1.807) is 0 Å². The van der Waals surface area contributed by atoms with Gasteiger partial charge in [-0.2, -0.15) is 13.2 Å². The second-order valence-electron chi connectivity index (χ2n) is 4.96. The van der Waals surface area contributed by atoms with Crippen LogP contribution in [0.25, 0.3) is 0 Å². The summed E-state index contributed by atoms with van der Waals surface area (Å²) in [4.78, 5) is 1.10. The predicted octanol–water partition coefficient (Wildman–Crippen LogP) is 3.86.